The third-order valence-corrected chi connectivity index (χ3v) is 3.48. The van der Waals surface area contributed by atoms with Gasteiger partial charge in [-0.3, -0.25) is 14.9 Å². The summed E-state index contributed by atoms with van der Waals surface area (Å²) in [4.78, 5) is 22.5. The molecule has 0 aliphatic carbocycles. The largest absolute Gasteiger partial charge is 0.496 e. The minimum Gasteiger partial charge on any atom is -0.496 e. The number of nitro benzene ring substituents is 1. The Bertz CT molecular complexity index is 836. The average Bonchev–Trinajstić information content (AvgIpc) is 2.60. The number of halogens is 1. The quantitative estimate of drug-likeness (QED) is 0.478. The van der Waals surface area contributed by atoms with Gasteiger partial charge in [0.25, 0.3) is 0 Å². The second-order valence-corrected chi connectivity index (χ2v) is 5.29. The highest BCUT2D eigenvalue weighted by molar-refractivity contribution is 6.30. The van der Waals surface area contributed by atoms with Crippen LogP contribution in [0.25, 0.3) is 6.08 Å². The Morgan fingerprint density at radius 1 is 1.16 bits per heavy atom. The first-order chi connectivity index (χ1) is 11.9. The summed E-state index contributed by atoms with van der Waals surface area (Å²) in [5.41, 5.74) is 0.673. The summed E-state index contributed by atoms with van der Waals surface area (Å²) in [7, 11) is 2.85. The van der Waals surface area contributed by atoms with Crippen molar-refractivity contribution in [3.63, 3.8) is 0 Å². The van der Waals surface area contributed by atoms with Crippen LogP contribution >= 0.6 is 11.6 Å². The molecule has 0 bridgehead atoms. The van der Waals surface area contributed by atoms with Crippen LogP contribution < -0.4 is 14.8 Å². The lowest BCUT2D eigenvalue weighted by Gasteiger charge is -2.06. The van der Waals surface area contributed by atoms with Gasteiger partial charge in [0.2, 0.25) is 5.91 Å². The van der Waals surface area contributed by atoms with E-state index in [1.807, 2.05) is 0 Å². The van der Waals surface area contributed by atoms with Crippen LogP contribution in [0.15, 0.2) is 42.5 Å². The number of carbonyl (C=O) groups is 1. The predicted octanol–water partition coefficient (Wildman–Crippen LogP) is 3.92. The van der Waals surface area contributed by atoms with Gasteiger partial charge in [-0.25, -0.2) is 0 Å². The number of nitrogens with one attached hydrogen (secondary N) is 1. The summed E-state index contributed by atoms with van der Waals surface area (Å²) in [6, 6.07) is 9.17. The number of anilines is 1. The van der Waals surface area contributed by atoms with Crippen LogP contribution in [-0.2, 0) is 4.79 Å². The first-order valence-electron chi connectivity index (χ1n) is 7.09. The zero-order chi connectivity index (χ0) is 18.4. The molecule has 0 unspecified atom stereocenters. The van der Waals surface area contributed by atoms with Crippen LogP contribution in [0.4, 0.5) is 11.4 Å². The van der Waals surface area contributed by atoms with Crippen LogP contribution in [-0.4, -0.2) is 25.1 Å². The molecule has 0 aliphatic heterocycles. The van der Waals surface area contributed by atoms with Crippen LogP contribution in [0.2, 0.25) is 5.02 Å². The lowest BCUT2D eigenvalue weighted by Crippen LogP contribution is -2.08. The summed E-state index contributed by atoms with van der Waals surface area (Å²) in [6.45, 7) is 0. The van der Waals surface area contributed by atoms with E-state index in [0.717, 1.165) is 0 Å². The monoisotopic (exact) mass is 362 g/mol. The van der Waals surface area contributed by atoms with Crippen LogP contribution in [0.1, 0.15) is 5.56 Å². The molecule has 1 N–H and O–H groups in total. The molecule has 0 aliphatic rings. The smallest absolute Gasteiger partial charge is 0.312 e. The number of hydrogen-bond acceptors (Lipinski definition) is 5. The van der Waals surface area contributed by atoms with E-state index >= 15 is 0 Å². The minimum atomic E-state index is -0.582. The van der Waals surface area contributed by atoms with E-state index in [1.54, 1.807) is 18.2 Å². The molecule has 0 radical (unpaired) electrons. The molecule has 8 heteroatoms. The maximum Gasteiger partial charge on any atom is 0.312 e. The van der Waals surface area contributed by atoms with Gasteiger partial charge in [0.05, 0.1) is 19.1 Å². The second kappa shape index (κ2) is 8.16. The lowest BCUT2D eigenvalue weighted by atomic mass is 10.2. The maximum absolute atomic E-state index is 12.0. The summed E-state index contributed by atoms with van der Waals surface area (Å²) in [6.07, 6.45) is 2.82. The molecule has 25 heavy (non-hydrogen) atoms. The van der Waals surface area contributed by atoms with Gasteiger partial charge >= 0.3 is 5.69 Å². The zero-order valence-electron chi connectivity index (χ0n) is 13.5. The average molecular weight is 363 g/mol. The lowest BCUT2D eigenvalue weighted by molar-refractivity contribution is -0.385. The second-order valence-electron chi connectivity index (χ2n) is 4.85. The van der Waals surface area contributed by atoms with Gasteiger partial charge in [-0.2, -0.15) is 0 Å². The molecule has 0 spiro atoms. The van der Waals surface area contributed by atoms with Crippen molar-refractivity contribution in [3.8, 4) is 11.5 Å². The van der Waals surface area contributed by atoms with E-state index in [1.165, 1.54) is 44.6 Å². The number of rotatable bonds is 6. The van der Waals surface area contributed by atoms with Gasteiger partial charge < -0.3 is 14.8 Å². The van der Waals surface area contributed by atoms with Crippen molar-refractivity contribution in [1.29, 1.82) is 0 Å². The Morgan fingerprint density at radius 2 is 1.84 bits per heavy atom. The number of carbonyl (C=O) groups excluding carboxylic acids is 1. The minimum absolute atomic E-state index is 0.113. The maximum atomic E-state index is 12.0. The highest BCUT2D eigenvalue weighted by atomic mass is 35.5. The molecule has 1 amide bonds. The first kappa shape index (κ1) is 18.3. The van der Waals surface area contributed by atoms with E-state index in [2.05, 4.69) is 5.32 Å². The fraction of sp³-hybridized carbons (Fsp3) is 0.118. The summed E-state index contributed by atoms with van der Waals surface area (Å²) in [5.74, 6) is 0.220. The third-order valence-electron chi connectivity index (χ3n) is 3.25. The van der Waals surface area contributed by atoms with Crippen LogP contribution in [0.3, 0.4) is 0 Å². The number of nitro groups is 1. The molecule has 2 aromatic rings. The summed E-state index contributed by atoms with van der Waals surface area (Å²) < 4.78 is 10.1. The molecule has 0 saturated heterocycles. The SMILES string of the molecule is COc1ccc(Cl)cc1/C=C/C(=O)Nc1ccc(OC)c([N+](=O)[O-])c1. The van der Waals surface area contributed by atoms with Gasteiger partial charge in [-0.05, 0) is 36.4 Å². The standard InChI is InChI=1S/C17H15ClN2O5/c1-24-15-6-4-12(18)9-11(15)3-8-17(21)19-13-5-7-16(25-2)14(10-13)20(22)23/h3-10H,1-2H3,(H,19,21)/b8-3+. The Labute approximate surface area is 149 Å². The van der Waals surface area contributed by atoms with Crippen molar-refractivity contribution < 1.29 is 19.2 Å². The van der Waals surface area contributed by atoms with Gasteiger partial charge in [0.1, 0.15) is 5.75 Å². The number of methoxy groups -OCH3 is 2. The molecule has 0 fully saturated rings. The van der Waals surface area contributed by atoms with Gasteiger partial charge in [-0.15, -0.1) is 0 Å². The summed E-state index contributed by atoms with van der Waals surface area (Å²) in [5, 5.41) is 14.1. The number of ether oxygens (including phenoxy) is 2. The highest BCUT2D eigenvalue weighted by Crippen LogP contribution is 2.29. The topological polar surface area (TPSA) is 90.7 Å². The fourth-order valence-electron chi connectivity index (χ4n) is 2.10. The molecule has 0 saturated carbocycles. The number of amides is 1. The zero-order valence-corrected chi connectivity index (χ0v) is 14.2. The van der Waals surface area contributed by atoms with Gasteiger partial charge in [0.15, 0.2) is 5.75 Å². The van der Waals surface area contributed by atoms with Crippen molar-refractivity contribution >= 4 is 35.0 Å². The Hall–Kier alpha value is -3.06. The fourth-order valence-corrected chi connectivity index (χ4v) is 2.28. The number of hydrogen-bond donors (Lipinski definition) is 1. The van der Waals surface area contributed by atoms with E-state index in [-0.39, 0.29) is 17.1 Å². The Morgan fingerprint density at radius 3 is 2.48 bits per heavy atom. The van der Waals surface area contributed by atoms with Crippen molar-refractivity contribution in [2.75, 3.05) is 19.5 Å². The normalized spacial score (nSPS) is 10.5. The van der Waals surface area contributed by atoms with E-state index in [9.17, 15) is 14.9 Å². The van der Waals surface area contributed by atoms with Crippen molar-refractivity contribution in [1.82, 2.24) is 0 Å². The first-order valence-corrected chi connectivity index (χ1v) is 7.47. The summed E-state index contributed by atoms with van der Waals surface area (Å²) >= 11 is 5.93. The highest BCUT2D eigenvalue weighted by Gasteiger charge is 2.15. The Kier molecular flexibility index (Phi) is 5.97. The van der Waals surface area contributed by atoms with Crippen LogP contribution in [0.5, 0.6) is 11.5 Å². The van der Waals surface area contributed by atoms with Crippen molar-refractivity contribution in [3.05, 3.63) is 63.2 Å². The molecule has 0 heterocycles. The van der Waals surface area contributed by atoms with Gasteiger partial charge in [-0.1, -0.05) is 11.6 Å². The van der Waals surface area contributed by atoms with Crippen LogP contribution in [0, 0.1) is 10.1 Å². The third kappa shape index (κ3) is 4.71. The molecule has 0 atom stereocenters. The van der Waals surface area contributed by atoms with Gasteiger partial charge in [0, 0.05) is 28.4 Å². The number of benzene rings is 2. The number of nitrogens with zero attached hydrogens (tertiary/aromatic N) is 1. The molecule has 130 valence electrons. The predicted molar refractivity (Wildman–Crippen MR) is 95.3 cm³/mol. The molecule has 7 nitrogen and oxygen atoms in total. The molecular formula is C17H15ClN2O5. The molecule has 2 aromatic carbocycles. The molecule has 2 rings (SSSR count). The van der Waals surface area contributed by atoms with E-state index < -0.39 is 10.8 Å². The van der Waals surface area contributed by atoms with Crippen molar-refractivity contribution in [2.24, 2.45) is 0 Å². The molecular weight excluding hydrogens is 348 g/mol. The van der Waals surface area contributed by atoms with E-state index in [4.69, 9.17) is 21.1 Å². The van der Waals surface area contributed by atoms with E-state index in [0.29, 0.717) is 16.3 Å². The van der Waals surface area contributed by atoms with Crippen molar-refractivity contribution in [2.45, 2.75) is 0 Å². The Balaban J connectivity index is 2.16. The molecule has 0 aromatic heterocycles.